The third kappa shape index (κ3) is 3.60. The summed E-state index contributed by atoms with van der Waals surface area (Å²) in [5.41, 5.74) is -0.576. The normalized spacial score (nSPS) is 19.6. The molecule has 0 spiro atoms. The van der Waals surface area contributed by atoms with Gasteiger partial charge in [-0.3, -0.25) is 9.59 Å². The number of carbonyl (C=O) groups excluding carboxylic acids is 1. The molecular weight excluding hydrogens is 363 g/mol. The molecule has 1 aliphatic heterocycles. The summed E-state index contributed by atoms with van der Waals surface area (Å²) in [6, 6.07) is 9.74. The summed E-state index contributed by atoms with van der Waals surface area (Å²) >= 11 is 0. The maximum atomic E-state index is 13.4. The number of benzene rings is 2. The Kier molecular flexibility index (Phi) is 4.82. The molecule has 0 radical (unpaired) electrons. The van der Waals surface area contributed by atoms with E-state index in [0.717, 1.165) is 6.07 Å². The number of rotatable bonds is 3. The van der Waals surface area contributed by atoms with Crippen molar-refractivity contribution in [1.29, 1.82) is 0 Å². The molecule has 8 heteroatoms. The van der Waals surface area contributed by atoms with E-state index in [2.05, 4.69) is 5.32 Å². The van der Waals surface area contributed by atoms with Gasteiger partial charge >= 0.3 is 12.1 Å². The van der Waals surface area contributed by atoms with Gasteiger partial charge in [0.25, 0.3) is 0 Å². The van der Waals surface area contributed by atoms with Crippen LogP contribution in [0, 0.1) is 5.92 Å². The van der Waals surface area contributed by atoms with Gasteiger partial charge in [0, 0.05) is 11.6 Å². The number of ether oxygens (including phenoxy) is 1. The molecule has 0 aliphatic carbocycles. The van der Waals surface area contributed by atoms with Crippen molar-refractivity contribution >= 4 is 17.6 Å². The number of carbonyl (C=O) groups is 2. The summed E-state index contributed by atoms with van der Waals surface area (Å²) in [4.78, 5) is 24.2. The molecular formula is C19H16F3NO4. The van der Waals surface area contributed by atoms with Crippen LogP contribution in [0.15, 0.2) is 42.5 Å². The number of amides is 1. The summed E-state index contributed by atoms with van der Waals surface area (Å²) in [5, 5.41) is 11.9. The Hall–Kier alpha value is -3.03. The van der Waals surface area contributed by atoms with Gasteiger partial charge in [-0.05, 0) is 41.8 Å². The van der Waals surface area contributed by atoms with Gasteiger partial charge in [0.2, 0.25) is 5.91 Å². The van der Waals surface area contributed by atoms with Crippen molar-refractivity contribution in [3.05, 3.63) is 59.2 Å². The molecule has 142 valence electrons. The Bertz CT molecular complexity index is 878. The van der Waals surface area contributed by atoms with E-state index in [9.17, 15) is 27.9 Å². The fraction of sp³-hybridized carbons (Fsp3) is 0.263. The van der Waals surface area contributed by atoms with E-state index < -0.39 is 35.5 Å². The average Bonchev–Trinajstić information content (AvgIpc) is 2.76. The molecule has 5 nitrogen and oxygen atoms in total. The summed E-state index contributed by atoms with van der Waals surface area (Å²) in [6.07, 6.45) is -4.86. The van der Waals surface area contributed by atoms with Crippen molar-refractivity contribution < 1.29 is 32.6 Å². The zero-order valence-corrected chi connectivity index (χ0v) is 14.2. The first kappa shape index (κ1) is 18.8. The van der Waals surface area contributed by atoms with Crippen LogP contribution in [0.4, 0.5) is 18.9 Å². The summed E-state index contributed by atoms with van der Waals surface area (Å²) in [6.45, 7) is 0. The lowest BCUT2D eigenvalue weighted by molar-refractivity contribution is -0.146. The van der Waals surface area contributed by atoms with Crippen molar-refractivity contribution in [1.82, 2.24) is 0 Å². The molecule has 0 aromatic heterocycles. The van der Waals surface area contributed by atoms with Crippen LogP contribution in [-0.4, -0.2) is 24.1 Å². The number of nitrogens with one attached hydrogen (secondary N) is 1. The van der Waals surface area contributed by atoms with E-state index in [0.29, 0.717) is 11.3 Å². The van der Waals surface area contributed by atoms with E-state index in [4.69, 9.17) is 4.74 Å². The number of halogens is 3. The number of fused-ring (bicyclic) bond motifs is 1. The molecule has 2 atom stereocenters. The number of aliphatic carboxylic acids is 1. The Balaban J connectivity index is 2.15. The Morgan fingerprint density at radius 1 is 1.19 bits per heavy atom. The smallest absolute Gasteiger partial charge is 0.416 e. The van der Waals surface area contributed by atoms with Crippen molar-refractivity contribution in [3.8, 4) is 5.75 Å². The first-order valence-corrected chi connectivity index (χ1v) is 8.09. The van der Waals surface area contributed by atoms with Gasteiger partial charge in [-0.2, -0.15) is 13.2 Å². The highest BCUT2D eigenvalue weighted by Gasteiger charge is 2.42. The lowest BCUT2D eigenvalue weighted by atomic mass is 9.81. The van der Waals surface area contributed by atoms with Crippen LogP contribution in [0.5, 0.6) is 5.75 Å². The number of methoxy groups -OCH3 is 1. The second-order valence-corrected chi connectivity index (χ2v) is 6.22. The highest BCUT2D eigenvalue weighted by atomic mass is 19.4. The quantitative estimate of drug-likeness (QED) is 0.798. The van der Waals surface area contributed by atoms with Crippen LogP contribution in [0.25, 0.3) is 0 Å². The lowest BCUT2D eigenvalue weighted by Crippen LogP contribution is -2.33. The molecule has 1 heterocycles. The Morgan fingerprint density at radius 3 is 2.41 bits per heavy atom. The molecule has 0 saturated heterocycles. The standard InChI is InChI=1S/C19H16F3NO4/c1-27-11-7-5-10(6-8-11)12-9-13-14(19(20,21)22)3-2-4-15(13)23-17(24)16(12)18(25)26/h2-8,12,16H,9H2,1H3,(H,23,24)(H,25,26)/t12-,16-/m1/s1. The molecule has 0 fully saturated rings. The number of anilines is 1. The zero-order valence-electron chi connectivity index (χ0n) is 14.2. The third-order valence-corrected chi connectivity index (χ3v) is 4.66. The van der Waals surface area contributed by atoms with E-state index in [1.165, 1.54) is 19.2 Å². The molecule has 1 amide bonds. The van der Waals surface area contributed by atoms with Gasteiger partial charge in [0.05, 0.1) is 12.7 Å². The predicted octanol–water partition coefficient (Wildman–Crippen LogP) is 3.69. The van der Waals surface area contributed by atoms with Gasteiger partial charge in [0.15, 0.2) is 0 Å². The first-order valence-electron chi connectivity index (χ1n) is 8.09. The monoisotopic (exact) mass is 379 g/mol. The molecule has 2 N–H and O–H groups in total. The topological polar surface area (TPSA) is 75.6 Å². The van der Waals surface area contributed by atoms with E-state index in [1.807, 2.05) is 0 Å². The van der Waals surface area contributed by atoms with Crippen molar-refractivity contribution in [2.75, 3.05) is 12.4 Å². The SMILES string of the molecule is COc1ccc([C@H]2Cc3c(cccc3C(F)(F)F)NC(=O)[C@@H]2C(=O)O)cc1. The van der Waals surface area contributed by atoms with Gasteiger partial charge in [0.1, 0.15) is 11.7 Å². The zero-order chi connectivity index (χ0) is 19.8. The maximum Gasteiger partial charge on any atom is 0.416 e. The molecule has 2 aromatic carbocycles. The lowest BCUT2D eigenvalue weighted by Gasteiger charge is -2.22. The summed E-state index contributed by atoms with van der Waals surface area (Å²) < 4.78 is 45.4. The maximum absolute atomic E-state index is 13.4. The van der Waals surface area contributed by atoms with Gasteiger partial charge in [-0.25, -0.2) is 0 Å². The molecule has 0 bridgehead atoms. The van der Waals surface area contributed by atoms with Gasteiger partial charge < -0.3 is 15.2 Å². The van der Waals surface area contributed by atoms with Crippen LogP contribution < -0.4 is 10.1 Å². The van der Waals surface area contributed by atoms with E-state index in [-0.39, 0.29) is 17.7 Å². The molecule has 27 heavy (non-hydrogen) atoms. The molecule has 0 unspecified atom stereocenters. The summed E-state index contributed by atoms with van der Waals surface area (Å²) in [5.74, 6) is -4.21. The number of carboxylic acid groups (broad SMARTS) is 1. The van der Waals surface area contributed by atoms with Crippen LogP contribution in [-0.2, 0) is 22.2 Å². The van der Waals surface area contributed by atoms with Crippen LogP contribution in [0.1, 0.15) is 22.6 Å². The van der Waals surface area contributed by atoms with Crippen LogP contribution in [0.2, 0.25) is 0 Å². The van der Waals surface area contributed by atoms with Crippen molar-refractivity contribution in [3.63, 3.8) is 0 Å². The number of hydrogen-bond donors (Lipinski definition) is 2. The predicted molar refractivity (Wildman–Crippen MR) is 90.6 cm³/mol. The highest BCUT2D eigenvalue weighted by Crippen LogP contribution is 2.42. The fourth-order valence-corrected chi connectivity index (χ4v) is 3.37. The second kappa shape index (κ2) is 6.94. The van der Waals surface area contributed by atoms with Crippen molar-refractivity contribution in [2.24, 2.45) is 5.92 Å². The Morgan fingerprint density at radius 2 is 1.85 bits per heavy atom. The second-order valence-electron chi connectivity index (χ2n) is 6.22. The molecule has 0 saturated carbocycles. The minimum Gasteiger partial charge on any atom is -0.497 e. The van der Waals surface area contributed by atoms with Gasteiger partial charge in [-0.1, -0.05) is 18.2 Å². The minimum absolute atomic E-state index is 0.0166. The molecule has 1 aliphatic rings. The number of hydrogen-bond acceptors (Lipinski definition) is 3. The minimum atomic E-state index is -4.62. The first-order chi connectivity index (χ1) is 12.7. The van der Waals surface area contributed by atoms with Crippen molar-refractivity contribution in [2.45, 2.75) is 18.5 Å². The van der Waals surface area contributed by atoms with E-state index in [1.54, 1.807) is 24.3 Å². The van der Waals surface area contributed by atoms with Crippen LogP contribution in [0.3, 0.4) is 0 Å². The fourth-order valence-electron chi connectivity index (χ4n) is 3.37. The molecule has 2 aromatic rings. The molecule has 3 rings (SSSR count). The van der Waals surface area contributed by atoms with E-state index >= 15 is 0 Å². The average molecular weight is 379 g/mol. The summed E-state index contributed by atoms with van der Waals surface area (Å²) in [7, 11) is 1.46. The van der Waals surface area contributed by atoms with Gasteiger partial charge in [-0.15, -0.1) is 0 Å². The number of carboxylic acids is 1. The highest BCUT2D eigenvalue weighted by molar-refractivity contribution is 6.06. The number of alkyl halides is 3. The third-order valence-electron chi connectivity index (χ3n) is 4.66. The Labute approximate surface area is 152 Å². The largest absolute Gasteiger partial charge is 0.497 e. The van der Waals surface area contributed by atoms with Crippen LogP contribution >= 0.6 is 0 Å².